The number of nitrogens with two attached hydrogens (primary N) is 1. The molecule has 0 aromatic carbocycles. The standard InChI is InChI=1S/C5H10N2O3S/c1-3(8)7-4(2-11)5(9)10-6/h4,11H,2,6H2,1H3,(H,7,8). The Balaban J connectivity index is 3.94. The Hall–Kier alpha value is -0.750. The van der Waals surface area contributed by atoms with Gasteiger partial charge in [0.2, 0.25) is 5.91 Å². The van der Waals surface area contributed by atoms with E-state index < -0.39 is 12.0 Å². The van der Waals surface area contributed by atoms with E-state index in [-0.39, 0.29) is 11.7 Å². The van der Waals surface area contributed by atoms with Gasteiger partial charge in [0.25, 0.3) is 0 Å². The summed E-state index contributed by atoms with van der Waals surface area (Å²) >= 11 is 3.81. The SMILES string of the molecule is CC(=O)NC(CS)C(=O)ON. The topological polar surface area (TPSA) is 81.4 Å². The van der Waals surface area contributed by atoms with Gasteiger partial charge in [0.15, 0.2) is 0 Å². The molecular formula is C5H10N2O3S. The van der Waals surface area contributed by atoms with Crippen molar-refractivity contribution in [3.63, 3.8) is 0 Å². The van der Waals surface area contributed by atoms with Gasteiger partial charge in [-0.3, -0.25) is 4.79 Å². The van der Waals surface area contributed by atoms with Crippen LogP contribution in [0.1, 0.15) is 6.92 Å². The Morgan fingerprint density at radius 3 is 2.55 bits per heavy atom. The second kappa shape index (κ2) is 4.97. The molecule has 0 heterocycles. The van der Waals surface area contributed by atoms with Crippen molar-refractivity contribution in [1.29, 1.82) is 0 Å². The summed E-state index contributed by atoms with van der Waals surface area (Å²) in [5, 5.41) is 2.31. The number of nitrogens with one attached hydrogen (secondary N) is 1. The summed E-state index contributed by atoms with van der Waals surface area (Å²) in [6.07, 6.45) is 0. The zero-order valence-corrected chi connectivity index (χ0v) is 6.93. The molecule has 0 radical (unpaired) electrons. The number of carbonyl (C=O) groups excluding carboxylic acids is 2. The molecular weight excluding hydrogens is 168 g/mol. The summed E-state index contributed by atoms with van der Waals surface area (Å²) in [4.78, 5) is 25.0. The third-order valence-electron chi connectivity index (χ3n) is 0.961. The highest BCUT2D eigenvalue weighted by Crippen LogP contribution is 1.89. The largest absolute Gasteiger partial charge is 0.372 e. The van der Waals surface area contributed by atoms with Crippen LogP contribution in [0.4, 0.5) is 0 Å². The molecule has 0 spiro atoms. The van der Waals surface area contributed by atoms with Crippen molar-refractivity contribution in [3.8, 4) is 0 Å². The summed E-state index contributed by atoms with van der Waals surface area (Å²) < 4.78 is 0. The van der Waals surface area contributed by atoms with E-state index in [2.05, 4.69) is 28.7 Å². The molecule has 0 saturated carbocycles. The molecule has 0 aromatic heterocycles. The Morgan fingerprint density at radius 2 is 2.27 bits per heavy atom. The summed E-state index contributed by atoms with van der Waals surface area (Å²) in [5.41, 5.74) is 0. The van der Waals surface area contributed by atoms with Crippen LogP contribution in [0.2, 0.25) is 0 Å². The van der Waals surface area contributed by atoms with Crippen LogP contribution in [-0.2, 0) is 14.4 Å². The maximum atomic E-state index is 10.7. The van der Waals surface area contributed by atoms with Crippen LogP contribution >= 0.6 is 12.6 Å². The molecule has 64 valence electrons. The first kappa shape index (κ1) is 10.2. The average molecular weight is 178 g/mol. The molecule has 0 aliphatic carbocycles. The third-order valence-corrected chi connectivity index (χ3v) is 1.33. The lowest BCUT2D eigenvalue weighted by Gasteiger charge is -2.10. The fourth-order valence-corrected chi connectivity index (χ4v) is 0.747. The zero-order chi connectivity index (χ0) is 8.85. The summed E-state index contributed by atoms with van der Waals surface area (Å²) in [6, 6.07) is -0.763. The van der Waals surface area contributed by atoms with E-state index in [1.807, 2.05) is 0 Å². The molecule has 0 aliphatic rings. The van der Waals surface area contributed by atoms with Crippen LogP contribution in [0.3, 0.4) is 0 Å². The lowest BCUT2D eigenvalue weighted by Crippen LogP contribution is -2.43. The quantitative estimate of drug-likeness (QED) is 0.376. The van der Waals surface area contributed by atoms with E-state index in [0.29, 0.717) is 0 Å². The Bertz CT molecular complexity index is 162. The van der Waals surface area contributed by atoms with E-state index in [9.17, 15) is 9.59 Å². The fourth-order valence-electron chi connectivity index (χ4n) is 0.507. The van der Waals surface area contributed by atoms with Crippen molar-refractivity contribution in [2.24, 2.45) is 5.90 Å². The van der Waals surface area contributed by atoms with E-state index >= 15 is 0 Å². The molecule has 11 heavy (non-hydrogen) atoms. The van der Waals surface area contributed by atoms with Gasteiger partial charge < -0.3 is 10.2 Å². The van der Waals surface area contributed by atoms with Crippen molar-refractivity contribution in [2.75, 3.05) is 5.75 Å². The van der Waals surface area contributed by atoms with E-state index in [4.69, 9.17) is 0 Å². The smallest absolute Gasteiger partial charge is 0.347 e. The van der Waals surface area contributed by atoms with E-state index in [1.165, 1.54) is 6.92 Å². The minimum absolute atomic E-state index is 0.162. The molecule has 1 amide bonds. The van der Waals surface area contributed by atoms with Crippen molar-refractivity contribution < 1.29 is 14.4 Å². The van der Waals surface area contributed by atoms with Crippen molar-refractivity contribution in [1.82, 2.24) is 5.32 Å². The van der Waals surface area contributed by atoms with Gasteiger partial charge >= 0.3 is 5.97 Å². The first-order valence-electron chi connectivity index (χ1n) is 2.90. The van der Waals surface area contributed by atoms with Gasteiger partial charge in [-0.1, -0.05) is 0 Å². The Labute approximate surface area is 69.6 Å². The number of hydrogen-bond acceptors (Lipinski definition) is 5. The summed E-state index contributed by atoms with van der Waals surface area (Å²) in [7, 11) is 0. The third kappa shape index (κ3) is 3.84. The molecule has 0 aromatic rings. The Kier molecular flexibility index (Phi) is 4.64. The van der Waals surface area contributed by atoms with E-state index in [0.717, 1.165) is 0 Å². The van der Waals surface area contributed by atoms with Gasteiger partial charge in [0, 0.05) is 12.7 Å². The van der Waals surface area contributed by atoms with Gasteiger partial charge in [-0.2, -0.15) is 18.5 Å². The maximum Gasteiger partial charge on any atom is 0.347 e. The minimum atomic E-state index is -0.763. The predicted octanol–water partition coefficient (Wildman–Crippen LogP) is -1.16. The lowest BCUT2D eigenvalue weighted by molar-refractivity contribution is -0.147. The molecule has 0 saturated heterocycles. The van der Waals surface area contributed by atoms with Gasteiger partial charge in [0.05, 0.1) is 0 Å². The van der Waals surface area contributed by atoms with Crippen molar-refractivity contribution >= 4 is 24.5 Å². The van der Waals surface area contributed by atoms with Gasteiger partial charge in [-0.05, 0) is 0 Å². The summed E-state index contributed by atoms with van der Waals surface area (Å²) in [5.74, 6) is 3.73. The highest BCUT2D eigenvalue weighted by Gasteiger charge is 2.17. The highest BCUT2D eigenvalue weighted by molar-refractivity contribution is 7.80. The average Bonchev–Trinajstić information content (AvgIpc) is 1.98. The number of carbonyl (C=O) groups is 2. The van der Waals surface area contributed by atoms with Crippen LogP contribution in [-0.4, -0.2) is 23.7 Å². The second-order valence-electron chi connectivity index (χ2n) is 1.87. The minimum Gasteiger partial charge on any atom is -0.372 e. The zero-order valence-electron chi connectivity index (χ0n) is 6.03. The van der Waals surface area contributed by atoms with Gasteiger partial charge in [-0.25, -0.2) is 4.79 Å². The normalized spacial score (nSPS) is 11.9. The van der Waals surface area contributed by atoms with E-state index in [1.54, 1.807) is 0 Å². The highest BCUT2D eigenvalue weighted by atomic mass is 32.1. The lowest BCUT2D eigenvalue weighted by atomic mass is 10.3. The number of thiol groups is 1. The predicted molar refractivity (Wildman–Crippen MR) is 41.7 cm³/mol. The molecule has 0 bridgehead atoms. The van der Waals surface area contributed by atoms with Crippen molar-refractivity contribution in [3.05, 3.63) is 0 Å². The van der Waals surface area contributed by atoms with Crippen LogP contribution in [0.25, 0.3) is 0 Å². The number of rotatable bonds is 3. The van der Waals surface area contributed by atoms with Crippen molar-refractivity contribution in [2.45, 2.75) is 13.0 Å². The Morgan fingerprint density at radius 1 is 1.73 bits per heavy atom. The molecule has 0 aliphatic heterocycles. The van der Waals surface area contributed by atoms with Crippen LogP contribution in [0.5, 0.6) is 0 Å². The molecule has 0 fully saturated rings. The molecule has 3 N–H and O–H groups in total. The first-order valence-corrected chi connectivity index (χ1v) is 3.53. The van der Waals surface area contributed by atoms with Gasteiger partial charge in [0.1, 0.15) is 6.04 Å². The second-order valence-corrected chi connectivity index (χ2v) is 2.24. The molecule has 5 nitrogen and oxygen atoms in total. The fraction of sp³-hybridized carbons (Fsp3) is 0.600. The first-order chi connectivity index (χ1) is 5.11. The summed E-state index contributed by atoms with van der Waals surface area (Å²) in [6.45, 7) is 1.29. The van der Waals surface area contributed by atoms with Gasteiger partial charge in [-0.15, -0.1) is 0 Å². The van der Waals surface area contributed by atoms with Crippen LogP contribution in [0.15, 0.2) is 0 Å². The van der Waals surface area contributed by atoms with Crippen LogP contribution < -0.4 is 11.2 Å². The maximum absolute atomic E-state index is 10.7. The molecule has 6 heteroatoms. The van der Waals surface area contributed by atoms with Crippen LogP contribution in [0, 0.1) is 0 Å². The molecule has 1 unspecified atom stereocenters. The molecule has 1 atom stereocenters. The molecule has 0 rings (SSSR count). The monoisotopic (exact) mass is 178 g/mol. The number of hydrogen-bond donors (Lipinski definition) is 3. The number of amides is 1.